The van der Waals surface area contributed by atoms with E-state index in [1.54, 1.807) is 12.1 Å². The maximum absolute atomic E-state index is 14.4. The van der Waals surface area contributed by atoms with Crippen molar-refractivity contribution in [3.05, 3.63) is 58.4 Å². The first-order valence-corrected chi connectivity index (χ1v) is 7.65. The predicted molar refractivity (Wildman–Crippen MR) is 89.7 cm³/mol. The highest BCUT2D eigenvalue weighted by Gasteiger charge is 2.38. The molecule has 0 spiro atoms. The topological polar surface area (TPSA) is 86.7 Å². The number of amides is 2. The first kappa shape index (κ1) is 16.9. The number of anilines is 2. The number of nitrogens with one attached hydrogen (secondary N) is 1. The third-order valence-corrected chi connectivity index (χ3v) is 4.13. The fraction of sp³-hybridized carbons (Fsp3) is 0.118. The molecule has 6 nitrogen and oxygen atoms in total. The van der Waals surface area contributed by atoms with Crippen molar-refractivity contribution in [2.45, 2.75) is 13.0 Å². The molecule has 2 amide bonds. The first-order valence-electron chi connectivity index (χ1n) is 7.27. The smallest absolute Gasteiger partial charge is 0.325 e. The number of nitrogens with zero attached hydrogens (tertiary/aromatic N) is 1. The van der Waals surface area contributed by atoms with Gasteiger partial charge in [0, 0.05) is 0 Å². The second-order valence-corrected chi connectivity index (χ2v) is 5.89. The Morgan fingerprint density at radius 3 is 2.28 bits per heavy atom. The van der Waals surface area contributed by atoms with Crippen LogP contribution in [0.25, 0.3) is 0 Å². The van der Waals surface area contributed by atoms with E-state index in [1.165, 1.54) is 19.1 Å². The molecule has 0 fully saturated rings. The van der Waals surface area contributed by atoms with Crippen LogP contribution in [0.15, 0.2) is 36.4 Å². The summed E-state index contributed by atoms with van der Waals surface area (Å²) in [6.45, 7) is 1.38. The van der Waals surface area contributed by atoms with Crippen molar-refractivity contribution < 1.29 is 23.9 Å². The van der Waals surface area contributed by atoms with E-state index < -0.39 is 29.6 Å². The van der Waals surface area contributed by atoms with Crippen LogP contribution < -0.4 is 10.2 Å². The molecule has 1 unspecified atom stereocenters. The van der Waals surface area contributed by atoms with E-state index in [9.17, 15) is 18.8 Å². The normalized spacial score (nSPS) is 14.4. The highest BCUT2D eigenvalue weighted by molar-refractivity contribution is 6.36. The van der Waals surface area contributed by atoms with Crippen molar-refractivity contribution in [1.82, 2.24) is 0 Å². The zero-order valence-electron chi connectivity index (χ0n) is 12.9. The van der Waals surface area contributed by atoms with Gasteiger partial charge in [0.25, 0.3) is 11.8 Å². The number of carbonyl (C=O) groups is 3. The molecule has 3 rings (SSSR count). The van der Waals surface area contributed by atoms with Crippen molar-refractivity contribution in [1.29, 1.82) is 0 Å². The summed E-state index contributed by atoms with van der Waals surface area (Å²) < 4.78 is 14.4. The van der Waals surface area contributed by atoms with Gasteiger partial charge in [0.1, 0.15) is 11.9 Å². The van der Waals surface area contributed by atoms with Gasteiger partial charge < -0.3 is 10.4 Å². The average Bonchev–Trinajstić information content (AvgIpc) is 2.82. The number of rotatable bonds is 4. The Hall–Kier alpha value is -2.93. The molecule has 2 aromatic carbocycles. The minimum Gasteiger partial charge on any atom is -0.480 e. The van der Waals surface area contributed by atoms with Gasteiger partial charge >= 0.3 is 5.97 Å². The molecular weight excluding hydrogens is 351 g/mol. The van der Waals surface area contributed by atoms with Gasteiger partial charge in [-0.3, -0.25) is 14.4 Å². The molecule has 1 atom stereocenters. The molecule has 25 heavy (non-hydrogen) atoms. The van der Waals surface area contributed by atoms with Crippen molar-refractivity contribution in [2.24, 2.45) is 0 Å². The molecule has 1 aliphatic rings. The highest BCUT2D eigenvalue weighted by atomic mass is 35.5. The Balaban J connectivity index is 2.05. The zero-order chi connectivity index (χ0) is 18.3. The van der Waals surface area contributed by atoms with Crippen molar-refractivity contribution in [3.8, 4) is 0 Å². The van der Waals surface area contributed by atoms with Crippen LogP contribution in [0.3, 0.4) is 0 Å². The number of hydrogen-bond donors (Lipinski definition) is 2. The molecule has 0 saturated carbocycles. The summed E-state index contributed by atoms with van der Waals surface area (Å²) in [6, 6.07) is 7.25. The zero-order valence-corrected chi connectivity index (χ0v) is 13.7. The van der Waals surface area contributed by atoms with Gasteiger partial charge in [-0.25, -0.2) is 9.29 Å². The molecular formula is C17H12ClFN2O4. The quantitative estimate of drug-likeness (QED) is 0.816. The van der Waals surface area contributed by atoms with E-state index in [0.717, 1.165) is 12.1 Å². The molecule has 0 bridgehead atoms. The van der Waals surface area contributed by atoms with E-state index in [0.29, 0.717) is 4.90 Å². The third-order valence-electron chi connectivity index (χ3n) is 3.81. The first-order chi connectivity index (χ1) is 11.8. The lowest BCUT2D eigenvalue weighted by Crippen LogP contribution is -2.31. The maximum atomic E-state index is 14.4. The van der Waals surface area contributed by atoms with Gasteiger partial charge in [-0.1, -0.05) is 23.7 Å². The summed E-state index contributed by atoms with van der Waals surface area (Å²) in [5.41, 5.74) is 0.158. The molecule has 1 heterocycles. The standard InChI is InChI=1S/C17H12ClFN2O4/c1-8(17(24)25)20-13-7-14(12(19)6-11(13)18)21-15(22)9-4-2-3-5-10(9)16(21)23/h2-8,20H,1H3,(H,24,25). The van der Waals surface area contributed by atoms with Crippen LogP contribution in [0.5, 0.6) is 0 Å². The largest absolute Gasteiger partial charge is 0.480 e. The lowest BCUT2D eigenvalue weighted by atomic mass is 10.1. The number of benzene rings is 2. The molecule has 0 aromatic heterocycles. The van der Waals surface area contributed by atoms with Crippen molar-refractivity contribution >= 4 is 40.8 Å². The average molecular weight is 363 g/mol. The Morgan fingerprint density at radius 2 is 1.76 bits per heavy atom. The Morgan fingerprint density at radius 1 is 1.20 bits per heavy atom. The van der Waals surface area contributed by atoms with Gasteiger partial charge in [-0.05, 0) is 31.2 Å². The Bertz CT molecular complexity index is 881. The number of hydrogen-bond acceptors (Lipinski definition) is 4. The fourth-order valence-electron chi connectivity index (χ4n) is 2.52. The van der Waals surface area contributed by atoms with Gasteiger partial charge in [-0.2, -0.15) is 0 Å². The third kappa shape index (κ3) is 2.83. The second-order valence-electron chi connectivity index (χ2n) is 5.48. The van der Waals surface area contributed by atoms with Crippen LogP contribution in [0.2, 0.25) is 5.02 Å². The molecule has 2 aromatic rings. The van der Waals surface area contributed by atoms with E-state index in [2.05, 4.69) is 5.32 Å². The van der Waals surface area contributed by atoms with Gasteiger partial charge in [0.05, 0.1) is 27.5 Å². The minimum atomic E-state index is -1.14. The van der Waals surface area contributed by atoms with Gasteiger partial charge in [-0.15, -0.1) is 0 Å². The number of fused-ring (bicyclic) bond motifs is 1. The number of aliphatic carboxylic acids is 1. The van der Waals surface area contributed by atoms with E-state index >= 15 is 0 Å². The highest BCUT2D eigenvalue weighted by Crippen LogP contribution is 2.35. The summed E-state index contributed by atoms with van der Waals surface area (Å²) in [7, 11) is 0. The lowest BCUT2D eigenvalue weighted by Gasteiger charge is -2.19. The summed E-state index contributed by atoms with van der Waals surface area (Å²) in [5.74, 6) is -3.31. The summed E-state index contributed by atoms with van der Waals surface area (Å²) >= 11 is 5.94. The van der Waals surface area contributed by atoms with Crippen LogP contribution in [-0.2, 0) is 4.79 Å². The number of carbonyl (C=O) groups excluding carboxylic acids is 2. The molecule has 128 valence electrons. The molecule has 0 radical (unpaired) electrons. The van der Waals surface area contributed by atoms with Crippen LogP contribution in [0.1, 0.15) is 27.6 Å². The van der Waals surface area contributed by atoms with E-state index in [1.807, 2.05) is 0 Å². The summed E-state index contributed by atoms with van der Waals surface area (Å²) in [5, 5.41) is 11.5. The van der Waals surface area contributed by atoms with Gasteiger partial charge in [0.2, 0.25) is 0 Å². The van der Waals surface area contributed by atoms with E-state index in [-0.39, 0.29) is 27.5 Å². The number of carboxylic acids is 1. The van der Waals surface area contributed by atoms with Crippen molar-refractivity contribution in [3.63, 3.8) is 0 Å². The molecule has 0 aliphatic carbocycles. The van der Waals surface area contributed by atoms with Gasteiger partial charge in [0.15, 0.2) is 0 Å². The van der Waals surface area contributed by atoms with Crippen molar-refractivity contribution in [2.75, 3.05) is 10.2 Å². The monoisotopic (exact) mass is 362 g/mol. The number of halogens is 2. The van der Waals surface area contributed by atoms with Crippen LogP contribution in [0.4, 0.5) is 15.8 Å². The molecule has 1 aliphatic heterocycles. The van der Waals surface area contributed by atoms with Crippen LogP contribution in [-0.4, -0.2) is 28.9 Å². The second kappa shape index (κ2) is 6.18. The SMILES string of the molecule is CC(Nc1cc(N2C(=O)c3ccccc3C2=O)c(F)cc1Cl)C(=O)O. The Labute approximate surface area is 146 Å². The molecule has 2 N–H and O–H groups in total. The van der Waals surface area contributed by atoms with Crippen LogP contribution in [0, 0.1) is 5.82 Å². The number of carboxylic acid groups (broad SMARTS) is 1. The predicted octanol–water partition coefficient (Wildman–Crippen LogP) is 3.16. The summed E-state index contributed by atoms with van der Waals surface area (Å²) in [4.78, 5) is 36.6. The molecule has 0 saturated heterocycles. The Kier molecular flexibility index (Phi) is 4.18. The molecule has 8 heteroatoms. The summed E-state index contributed by atoms with van der Waals surface area (Å²) in [6.07, 6.45) is 0. The minimum absolute atomic E-state index is 0.0639. The maximum Gasteiger partial charge on any atom is 0.325 e. The number of imide groups is 1. The van der Waals surface area contributed by atoms with Crippen LogP contribution >= 0.6 is 11.6 Å². The fourth-order valence-corrected chi connectivity index (χ4v) is 2.73. The lowest BCUT2D eigenvalue weighted by molar-refractivity contribution is -0.137. The van der Waals surface area contributed by atoms with E-state index in [4.69, 9.17) is 16.7 Å².